The molecule has 0 aliphatic heterocycles. The Balaban J connectivity index is 1.79. The van der Waals surface area contributed by atoms with Crippen molar-refractivity contribution in [3.63, 3.8) is 0 Å². The van der Waals surface area contributed by atoms with Crippen LogP contribution in [0.1, 0.15) is 31.4 Å². The number of H-pyrrole nitrogens is 1. The van der Waals surface area contributed by atoms with Crippen LogP contribution in [0.15, 0.2) is 12.5 Å². The van der Waals surface area contributed by atoms with Gasteiger partial charge in [-0.25, -0.2) is 4.98 Å². The molecule has 2 unspecified atom stereocenters. The maximum Gasteiger partial charge on any atom is 0.220 e. The summed E-state index contributed by atoms with van der Waals surface area (Å²) in [5.74, 6) is -0.110. The molecule has 1 aromatic heterocycles. The van der Waals surface area contributed by atoms with Gasteiger partial charge in [0, 0.05) is 30.4 Å². The Morgan fingerprint density at radius 2 is 2.50 bits per heavy atom. The fourth-order valence-electron chi connectivity index (χ4n) is 2.27. The van der Waals surface area contributed by atoms with E-state index in [1.165, 1.54) is 0 Å². The summed E-state index contributed by atoms with van der Waals surface area (Å²) < 4.78 is 0. The molecule has 0 aromatic carbocycles. The maximum absolute atomic E-state index is 11.1. The van der Waals surface area contributed by atoms with Crippen LogP contribution in [0.5, 0.6) is 0 Å². The Labute approximate surface area is 94.8 Å². The van der Waals surface area contributed by atoms with Crippen LogP contribution >= 0.6 is 0 Å². The van der Waals surface area contributed by atoms with Gasteiger partial charge in [0.25, 0.3) is 0 Å². The quantitative estimate of drug-likeness (QED) is 0.695. The Morgan fingerprint density at radius 3 is 3.19 bits per heavy atom. The summed E-state index contributed by atoms with van der Waals surface area (Å²) in [4.78, 5) is 18.1. The monoisotopic (exact) mass is 222 g/mol. The predicted octanol–water partition coefficient (Wildman–Crippen LogP) is 0.543. The molecule has 0 spiro atoms. The molecule has 0 radical (unpaired) electrons. The van der Waals surface area contributed by atoms with Gasteiger partial charge in [0.05, 0.1) is 6.33 Å². The van der Waals surface area contributed by atoms with E-state index < -0.39 is 0 Å². The molecule has 1 aliphatic carbocycles. The molecule has 2 atom stereocenters. The van der Waals surface area contributed by atoms with Gasteiger partial charge < -0.3 is 16.0 Å². The molecular weight excluding hydrogens is 204 g/mol. The molecular formula is C11H18N4O. The van der Waals surface area contributed by atoms with Crippen molar-refractivity contribution >= 4 is 5.91 Å². The molecule has 1 heterocycles. The molecule has 1 saturated carbocycles. The summed E-state index contributed by atoms with van der Waals surface area (Å²) >= 11 is 0. The third-order valence-corrected chi connectivity index (χ3v) is 3.21. The first-order chi connectivity index (χ1) is 7.75. The first-order valence-corrected chi connectivity index (χ1v) is 5.75. The van der Waals surface area contributed by atoms with Crippen molar-refractivity contribution < 1.29 is 4.79 Å². The summed E-state index contributed by atoms with van der Waals surface area (Å²) in [5.41, 5.74) is 6.41. The number of hydrogen-bond acceptors (Lipinski definition) is 3. The van der Waals surface area contributed by atoms with Gasteiger partial charge in [-0.3, -0.25) is 4.79 Å². The topological polar surface area (TPSA) is 83.8 Å². The number of primary amides is 1. The summed E-state index contributed by atoms with van der Waals surface area (Å²) in [5, 5.41) is 3.43. The first kappa shape index (κ1) is 11.1. The smallest absolute Gasteiger partial charge is 0.220 e. The summed E-state index contributed by atoms with van der Waals surface area (Å²) in [7, 11) is 0. The normalized spacial score (nSPS) is 25.5. The fraction of sp³-hybridized carbons (Fsp3) is 0.636. The number of rotatable bonds is 4. The predicted molar refractivity (Wildman–Crippen MR) is 60.4 cm³/mol. The Kier molecular flexibility index (Phi) is 3.56. The number of imidazole rings is 1. The number of aromatic amines is 1. The van der Waals surface area contributed by atoms with Gasteiger partial charge in [-0.15, -0.1) is 0 Å². The highest BCUT2D eigenvalue weighted by atomic mass is 16.1. The first-order valence-electron chi connectivity index (χ1n) is 5.75. The van der Waals surface area contributed by atoms with Gasteiger partial charge in [0.15, 0.2) is 0 Å². The van der Waals surface area contributed by atoms with Gasteiger partial charge in [0.1, 0.15) is 0 Å². The number of carbonyl (C=O) groups excluding carboxylic acids is 1. The molecule has 1 fully saturated rings. The number of carbonyl (C=O) groups is 1. The molecule has 0 saturated heterocycles. The zero-order valence-electron chi connectivity index (χ0n) is 9.28. The highest BCUT2D eigenvalue weighted by Gasteiger charge is 2.25. The van der Waals surface area contributed by atoms with Gasteiger partial charge >= 0.3 is 0 Å². The van der Waals surface area contributed by atoms with E-state index in [1.54, 1.807) is 12.5 Å². The lowest BCUT2D eigenvalue weighted by Crippen LogP contribution is -2.38. The maximum atomic E-state index is 11.1. The molecule has 16 heavy (non-hydrogen) atoms. The van der Waals surface area contributed by atoms with Crippen molar-refractivity contribution in [1.82, 2.24) is 15.3 Å². The number of nitrogens with two attached hydrogens (primary N) is 1. The number of aromatic nitrogens is 2. The minimum absolute atomic E-state index is 0.0491. The van der Waals surface area contributed by atoms with Crippen LogP contribution in [-0.2, 0) is 11.3 Å². The largest absolute Gasteiger partial charge is 0.369 e. The molecule has 4 N–H and O–H groups in total. The van der Waals surface area contributed by atoms with Crippen molar-refractivity contribution in [2.75, 3.05) is 0 Å². The number of nitrogens with one attached hydrogen (secondary N) is 2. The van der Waals surface area contributed by atoms with Crippen LogP contribution in [0.3, 0.4) is 0 Å². The second-order valence-electron chi connectivity index (χ2n) is 4.42. The highest BCUT2D eigenvalue weighted by Crippen LogP contribution is 2.24. The average Bonchev–Trinajstić information content (AvgIpc) is 2.79. The Hall–Kier alpha value is -1.36. The standard InChI is InChI=1S/C11H18N4O/c12-11(16)8-2-1-3-9(4-8)14-6-10-5-13-7-15-10/h5,7-9,14H,1-4,6H2,(H2,12,16)(H,13,15). The van der Waals surface area contributed by atoms with E-state index in [0.717, 1.165) is 37.9 Å². The minimum atomic E-state index is -0.159. The summed E-state index contributed by atoms with van der Waals surface area (Å²) in [6, 6.07) is 0.398. The van der Waals surface area contributed by atoms with Crippen LogP contribution < -0.4 is 11.1 Å². The third kappa shape index (κ3) is 2.82. The van der Waals surface area contributed by atoms with Crippen LogP contribution in [0.25, 0.3) is 0 Å². The van der Waals surface area contributed by atoms with E-state index in [9.17, 15) is 4.79 Å². The molecule has 1 aliphatic rings. The van der Waals surface area contributed by atoms with E-state index in [-0.39, 0.29) is 11.8 Å². The van der Waals surface area contributed by atoms with Crippen LogP contribution in [0, 0.1) is 5.92 Å². The second-order valence-corrected chi connectivity index (χ2v) is 4.42. The van der Waals surface area contributed by atoms with Gasteiger partial charge in [-0.2, -0.15) is 0 Å². The van der Waals surface area contributed by atoms with Gasteiger partial charge in [-0.05, 0) is 19.3 Å². The Bertz CT molecular complexity index is 336. The summed E-state index contributed by atoms with van der Waals surface area (Å²) in [6.45, 7) is 0.774. The van der Waals surface area contributed by atoms with Gasteiger partial charge in [-0.1, -0.05) is 6.42 Å². The summed E-state index contributed by atoms with van der Waals surface area (Å²) in [6.07, 6.45) is 7.48. The Morgan fingerprint density at radius 1 is 1.62 bits per heavy atom. The molecule has 88 valence electrons. The van der Waals surface area contributed by atoms with E-state index >= 15 is 0 Å². The minimum Gasteiger partial charge on any atom is -0.369 e. The van der Waals surface area contributed by atoms with Crippen LogP contribution in [-0.4, -0.2) is 21.9 Å². The number of hydrogen-bond donors (Lipinski definition) is 3. The van der Waals surface area contributed by atoms with Gasteiger partial charge in [0.2, 0.25) is 5.91 Å². The molecule has 5 heteroatoms. The van der Waals surface area contributed by atoms with Crippen LogP contribution in [0.4, 0.5) is 0 Å². The lowest BCUT2D eigenvalue weighted by molar-refractivity contribution is -0.122. The van der Waals surface area contributed by atoms with Crippen molar-refractivity contribution in [3.8, 4) is 0 Å². The average molecular weight is 222 g/mol. The van der Waals surface area contributed by atoms with E-state index in [1.807, 2.05) is 0 Å². The van der Waals surface area contributed by atoms with E-state index in [4.69, 9.17) is 5.73 Å². The second kappa shape index (κ2) is 5.12. The van der Waals surface area contributed by atoms with E-state index in [0.29, 0.717) is 6.04 Å². The van der Waals surface area contributed by atoms with Crippen molar-refractivity contribution in [2.24, 2.45) is 11.7 Å². The third-order valence-electron chi connectivity index (χ3n) is 3.21. The number of amides is 1. The molecule has 5 nitrogen and oxygen atoms in total. The fourth-order valence-corrected chi connectivity index (χ4v) is 2.27. The lowest BCUT2D eigenvalue weighted by Gasteiger charge is -2.27. The number of nitrogens with zero attached hydrogens (tertiary/aromatic N) is 1. The zero-order valence-corrected chi connectivity index (χ0v) is 9.28. The molecule has 1 amide bonds. The highest BCUT2D eigenvalue weighted by molar-refractivity contribution is 5.76. The van der Waals surface area contributed by atoms with E-state index in [2.05, 4.69) is 15.3 Å². The van der Waals surface area contributed by atoms with Crippen molar-refractivity contribution in [2.45, 2.75) is 38.3 Å². The SMILES string of the molecule is NC(=O)C1CCCC(NCc2cnc[nH]2)C1. The lowest BCUT2D eigenvalue weighted by atomic mass is 9.85. The molecule has 0 bridgehead atoms. The molecule has 1 aromatic rings. The van der Waals surface area contributed by atoms with Crippen LogP contribution in [0.2, 0.25) is 0 Å². The van der Waals surface area contributed by atoms with Crippen molar-refractivity contribution in [3.05, 3.63) is 18.2 Å². The zero-order chi connectivity index (χ0) is 11.4. The van der Waals surface area contributed by atoms with Crippen molar-refractivity contribution in [1.29, 1.82) is 0 Å². The molecule has 2 rings (SSSR count).